The molecular formula is C13H20ClNO2S. The van der Waals surface area contributed by atoms with Crippen molar-refractivity contribution >= 4 is 21.6 Å². The second kappa shape index (κ2) is 6.55. The van der Waals surface area contributed by atoms with Gasteiger partial charge in [0.15, 0.2) is 0 Å². The van der Waals surface area contributed by atoms with Gasteiger partial charge in [0, 0.05) is 18.1 Å². The van der Waals surface area contributed by atoms with Crippen molar-refractivity contribution in [2.75, 3.05) is 12.8 Å². The van der Waals surface area contributed by atoms with Crippen molar-refractivity contribution in [1.29, 1.82) is 0 Å². The Kier molecular flexibility index (Phi) is 5.63. The minimum atomic E-state index is -3.18. The third-order valence-corrected chi connectivity index (χ3v) is 5.34. The Morgan fingerprint density at radius 1 is 1.28 bits per heavy atom. The molecule has 0 spiro atoms. The van der Waals surface area contributed by atoms with Gasteiger partial charge in [-0.05, 0) is 31.0 Å². The van der Waals surface area contributed by atoms with Crippen LogP contribution in [0.3, 0.4) is 0 Å². The van der Waals surface area contributed by atoms with Crippen LogP contribution in [0.25, 0.3) is 0 Å². The summed E-state index contributed by atoms with van der Waals surface area (Å²) in [6.45, 7) is 3.87. The van der Waals surface area contributed by atoms with Crippen LogP contribution in [0.2, 0.25) is 5.02 Å². The quantitative estimate of drug-likeness (QED) is 0.804. The lowest BCUT2D eigenvalue weighted by molar-refractivity contribution is 0.397. The number of halogens is 1. The normalized spacial score (nSPS) is 13.8. The van der Waals surface area contributed by atoms with Crippen LogP contribution < -0.4 is 0 Å². The van der Waals surface area contributed by atoms with Gasteiger partial charge < -0.3 is 0 Å². The Bertz CT molecular complexity index is 470. The van der Waals surface area contributed by atoms with E-state index in [-0.39, 0.29) is 11.8 Å². The standard InChI is InChI=1S/C13H20ClNO2S/c1-4-5-10-18(16,17)15(3)11(2)12-6-8-13(14)9-7-12/h6-9,11H,4-5,10H2,1-3H3. The van der Waals surface area contributed by atoms with E-state index in [9.17, 15) is 8.42 Å². The summed E-state index contributed by atoms with van der Waals surface area (Å²) >= 11 is 5.82. The van der Waals surface area contributed by atoms with Crippen molar-refractivity contribution in [3.63, 3.8) is 0 Å². The molecule has 1 rings (SSSR count). The highest BCUT2D eigenvalue weighted by Gasteiger charge is 2.23. The van der Waals surface area contributed by atoms with Crippen molar-refractivity contribution < 1.29 is 8.42 Å². The van der Waals surface area contributed by atoms with Gasteiger partial charge in [-0.3, -0.25) is 0 Å². The van der Waals surface area contributed by atoms with E-state index in [4.69, 9.17) is 11.6 Å². The molecule has 1 aromatic carbocycles. The van der Waals surface area contributed by atoms with Crippen molar-refractivity contribution in [2.45, 2.75) is 32.7 Å². The Morgan fingerprint density at radius 3 is 2.33 bits per heavy atom. The highest BCUT2D eigenvalue weighted by Crippen LogP contribution is 2.23. The molecule has 3 nitrogen and oxygen atoms in total. The van der Waals surface area contributed by atoms with Gasteiger partial charge in [-0.2, -0.15) is 4.31 Å². The van der Waals surface area contributed by atoms with E-state index >= 15 is 0 Å². The molecule has 0 N–H and O–H groups in total. The summed E-state index contributed by atoms with van der Waals surface area (Å²) < 4.78 is 25.6. The van der Waals surface area contributed by atoms with Gasteiger partial charge >= 0.3 is 0 Å². The average Bonchev–Trinajstić information content (AvgIpc) is 2.35. The van der Waals surface area contributed by atoms with E-state index in [1.165, 1.54) is 4.31 Å². The molecule has 5 heteroatoms. The van der Waals surface area contributed by atoms with Crippen LogP contribution in [0, 0.1) is 0 Å². The first-order valence-corrected chi connectivity index (χ1v) is 8.08. The largest absolute Gasteiger partial charge is 0.214 e. The topological polar surface area (TPSA) is 37.4 Å². The summed E-state index contributed by atoms with van der Waals surface area (Å²) in [5.41, 5.74) is 0.946. The van der Waals surface area contributed by atoms with Crippen molar-refractivity contribution in [2.24, 2.45) is 0 Å². The van der Waals surface area contributed by atoms with Gasteiger partial charge in [0.2, 0.25) is 10.0 Å². The molecule has 0 aliphatic heterocycles. The second-order valence-electron chi connectivity index (χ2n) is 4.41. The van der Waals surface area contributed by atoms with Gasteiger partial charge in [-0.25, -0.2) is 8.42 Å². The minimum Gasteiger partial charge on any atom is -0.212 e. The molecule has 0 heterocycles. The zero-order chi connectivity index (χ0) is 13.8. The third kappa shape index (κ3) is 3.97. The Balaban J connectivity index is 2.83. The minimum absolute atomic E-state index is 0.177. The molecule has 0 saturated heterocycles. The van der Waals surface area contributed by atoms with Gasteiger partial charge in [-0.15, -0.1) is 0 Å². The Hall–Kier alpha value is -0.580. The summed E-state index contributed by atoms with van der Waals surface area (Å²) in [5, 5.41) is 0.655. The number of hydrogen-bond acceptors (Lipinski definition) is 2. The summed E-state index contributed by atoms with van der Waals surface area (Å²) in [6.07, 6.45) is 1.57. The lowest BCUT2D eigenvalue weighted by atomic mass is 10.1. The maximum atomic E-state index is 12.1. The Morgan fingerprint density at radius 2 is 1.83 bits per heavy atom. The monoisotopic (exact) mass is 289 g/mol. The molecular weight excluding hydrogens is 270 g/mol. The van der Waals surface area contributed by atoms with Crippen molar-refractivity contribution in [1.82, 2.24) is 4.31 Å². The van der Waals surface area contributed by atoms with Gasteiger partial charge in [0.25, 0.3) is 0 Å². The Labute approximate surface area is 115 Å². The summed E-state index contributed by atoms with van der Waals surface area (Å²) in [7, 11) is -1.55. The lowest BCUT2D eigenvalue weighted by Crippen LogP contribution is -2.31. The van der Waals surface area contributed by atoms with Crippen LogP contribution in [-0.4, -0.2) is 25.5 Å². The van der Waals surface area contributed by atoms with E-state index in [0.717, 1.165) is 12.0 Å². The van der Waals surface area contributed by atoms with E-state index in [0.29, 0.717) is 11.4 Å². The van der Waals surface area contributed by atoms with E-state index in [2.05, 4.69) is 0 Å². The van der Waals surface area contributed by atoms with Crippen LogP contribution in [0.1, 0.15) is 38.3 Å². The molecule has 0 aliphatic rings. The van der Waals surface area contributed by atoms with Gasteiger partial charge in [-0.1, -0.05) is 37.1 Å². The molecule has 0 aliphatic carbocycles. The number of nitrogens with zero attached hydrogens (tertiary/aromatic N) is 1. The first-order valence-electron chi connectivity index (χ1n) is 6.09. The first kappa shape index (κ1) is 15.5. The smallest absolute Gasteiger partial charge is 0.212 e. The van der Waals surface area contributed by atoms with Crippen molar-refractivity contribution in [3.05, 3.63) is 34.9 Å². The van der Waals surface area contributed by atoms with Crippen LogP contribution in [0.15, 0.2) is 24.3 Å². The molecule has 0 saturated carbocycles. The molecule has 0 amide bonds. The van der Waals surface area contributed by atoms with Gasteiger partial charge in [0.1, 0.15) is 0 Å². The second-order valence-corrected chi connectivity index (χ2v) is 7.00. The average molecular weight is 290 g/mol. The molecule has 0 fully saturated rings. The predicted octanol–water partition coefficient (Wildman–Crippen LogP) is 3.46. The van der Waals surface area contributed by atoms with Gasteiger partial charge in [0.05, 0.1) is 5.75 Å². The highest BCUT2D eigenvalue weighted by atomic mass is 35.5. The molecule has 1 aromatic rings. The van der Waals surface area contributed by atoms with Crippen LogP contribution >= 0.6 is 11.6 Å². The molecule has 0 aromatic heterocycles. The summed E-state index contributed by atoms with van der Waals surface area (Å²) in [4.78, 5) is 0. The fourth-order valence-corrected chi connectivity index (χ4v) is 3.33. The van der Waals surface area contributed by atoms with E-state index in [1.54, 1.807) is 19.2 Å². The fraction of sp³-hybridized carbons (Fsp3) is 0.538. The van der Waals surface area contributed by atoms with Crippen LogP contribution in [-0.2, 0) is 10.0 Å². The fourth-order valence-electron chi connectivity index (χ4n) is 1.66. The number of rotatable bonds is 6. The number of unbranched alkanes of at least 4 members (excludes halogenated alkanes) is 1. The molecule has 18 heavy (non-hydrogen) atoms. The zero-order valence-corrected chi connectivity index (χ0v) is 12.6. The summed E-state index contributed by atoms with van der Waals surface area (Å²) in [5.74, 6) is 0.206. The molecule has 102 valence electrons. The zero-order valence-electron chi connectivity index (χ0n) is 11.1. The number of benzene rings is 1. The maximum absolute atomic E-state index is 12.1. The molecule has 0 radical (unpaired) electrons. The van der Waals surface area contributed by atoms with Crippen molar-refractivity contribution in [3.8, 4) is 0 Å². The van der Waals surface area contributed by atoms with Crippen LogP contribution in [0.5, 0.6) is 0 Å². The lowest BCUT2D eigenvalue weighted by Gasteiger charge is -2.24. The first-order chi connectivity index (χ1) is 8.38. The number of hydrogen-bond donors (Lipinski definition) is 0. The highest BCUT2D eigenvalue weighted by molar-refractivity contribution is 7.89. The summed E-state index contributed by atoms with van der Waals surface area (Å²) in [6, 6.07) is 7.10. The number of sulfonamides is 1. The SMILES string of the molecule is CCCCS(=O)(=O)N(C)C(C)c1ccc(Cl)cc1. The van der Waals surface area contributed by atoms with E-state index < -0.39 is 10.0 Å². The molecule has 1 unspecified atom stereocenters. The third-order valence-electron chi connectivity index (χ3n) is 3.09. The predicted molar refractivity (Wildman–Crippen MR) is 76.3 cm³/mol. The molecule has 1 atom stereocenters. The maximum Gasteiger partial charge on any atom is 0.214 e. The molecule has 0 bridgehead atoms. The van der Waals surface area contributed by atoms with E-state index in [1.807, 2.05) is 26.0 Å². The van der Waals surface area contributed by atoms with Crippen LogP contribution in [0.4, 0.5) is 0 Å².